The van der Waals surface area contributed by atoms with Crippen molar-refractivity contribution < 1.29 is 24.8 Å². The van der Waals surface area contributed by atoms with Gasteiger partial charge in [0.2, 0.25) is 0 Å². The molecule has 1 fully saturated rings. The number of aliphatic hydroxyl groups is 3. The van der Waals surface area contributed by atoms with Crippen molar-refractivity contribution in [2.24, 2.45) is 0 Å². The van der Waals surface area contributed by atoms with Crippen molar-refractivity contribution in [2.75, 3.05) is 7.11 Å². The Hall–Kier alpha value is -2.79. The second-order valence-electron chi connectivity index (χ2n) is 6.61. The highest BCUT2D eigenvalue weighted by atomic mass is 16.6. The fraction of sp³-hybridized carbons (Fsp3) is 0.389. The van der Waals surface area contributed by atoms with Crippen molar-refractivity contribution in [3.05, 3.63) is 52.7 Å². The number of aromatic nitrogens is 4. The molecule has 0 saturated carbocycles. The molecule has 0 aliphatic carbocycles. The molecule has 28 heavy (non-hydrogen) atoms. The average molecular weight is 388 g/mol. The number of nitrogens with one attached hydrogen (secondary N) is 1. The standard InChI is InChI=1S/C18H20N4O6/c1-27-12-5-3-2-4-9(12)6-11(23)15-13(24)14(25)18(28-15)22-16-10(7-21-22)17(26)20-8-19-16/h2-5,7-8,11,13-15,18,23-25H,6H2,1H3,(H,19,20,26)/t11?,13-,14+,15+,18+/m0/s1. The summed E-state index contributed by atoms with van der Waals surface area (Å²) in [6.45, 7) is 0. The monoisotopic (exact) mass is 388 g/mol. The fourth-order valence-corrected chi connectivity index (χ4v) is 3.48. The zero-order chi connectivity index (χ0) is 19.8. The number of H-pyrrole nitrogens is 1. The van der Waals surface area contributed by atoms with E-state index in [1.54, 1.807) is 12.1 Å². The summed E-state index contributed by atoms with van der Waals surface area (Å²) in [5.41, 5.74) is 0.570. The summed E-state index contributed by atoms with van der Waals surface area (Å²) in [5.74, 6) is 0.604. The molecule has 10 nitrogen and oxygen atoms in total. The van der Waals surface area contributed by atoms with Crippen LogP contribution in [0.4, 0.5) is 0 Å². The third-order valence-electron chi connectivity index (χ3n) is 4.91. The highest BCUT2D eigenvalue weighted by molar-refractivity contribution is 5.72. The first-order valence-corrected chi connectivity index (χ1v) is 8.73. The molecule has 1 aromatic carbocycles. The fourth-order valence-electron chi connectivity index (χ4n) is 3.48. The number of rotatable bonds is 5. The second-order valence-corrected chi connectivity index (χ2v) is 6.61. The molecule has 0 bridgehead atoms. The minimum Gasteiger partial charge on any atom is -0.496 e. The molecule has 5 atom stereocenters. The third-order valence-corrected chi connectivity index (χ3v) is 4.91. The van der Waals surface area contributed by atoms with Crippen LogP contribution in [0.15, 0.2) is 41.6 Å². The van der Waals surface area contributed by atoms with Crippen LogP contribution in [0.5, 0.6) is 5.75 Å². The Morgan fingerprint density at radius 1 is 1.32 bits per heavy atom. The predicted molar refractivity (Wildman–Crippen MR) is 96.8 cm³/mol. The minimum absolute atomic E-state index is 0.156. The summed E-state index contributed by atoms with van der Waals surface area (Å²) in [7, 11) is 1.53. The maximum Gasteiger partial charge on any atom is 0.261 e. The van der Waals surface area contributed by atoms with Gasteiger partial charge >= 0.3 is 0 Å². The summed E-state index contributed by atoms with van der Waals surface area (Å²) in [5, 5.41) is 35.8. The van der Waals surface area contributed by atoms with Gasteiger partial charge in [-0.3, -0.25) is 4.79 Å². The van der Waals surface area contributed by atoms with E-state index >= 15 is 0 Å². The summed E-state index contributed by atoms with van der Waals surface area (Å²) in [6.07, 6.45) is -3.30. The highest BCUT2D eigenvalue weighted by Crippen LogP contribution is 2.33. The lowest BCUT2D eigenvalue weighted by molar-refractivity contribution is -0.0865. The molecule has 148 valence electrons. The lowest BCUT2D eigenvalue weighted by Crippen LogP contribution is -2.39. The lowest BCUT2D eigenvalue weighted by Gasteiger charge is -2.21. The predicted octanol–water partition coefficient (Wildman–Crippen LogP) is -0.649. The summed E-state index contributed by atoms with van der Waals surface area (Å²) in [6, 6.07) is 7.19. The van der Waals surface area contributed by atoms with Gasteiger partial charge in [0.1, 0.15) is 29.4 Å². The van der Waals surface area contributed by atoms with Gasteiger partial charge in [0, 0.05) is 6.42 Å². The largest absolute Gasteiger partial charge is 0.496 e. The van der Waals surface area contributed by atoms with Crippen LogP contribution in [0.1, 0.15) is 11.8 Å². The molecule has 0 radical (unpaired) electrons. The number of hydrogen-bond donors (Lipinski definition) is 4. The zero-order valence-electron chi connectivity index (χ0n) is 15.0. The molecular formula is C18H20N4O6. The van der Waals surface area contributed by atoms with E-state index in [0.717, 1.165) is 5.56 Å². The molecule has 4 N–H and O–H groups in total. The number of ether oxygens (including phenoxy) is 2. The number of hydrogen-bond acceptors (Lipinski definition) is 8. The lowest BCUT2D eigenvalue weighted by atomic mass is 9.99. The van der Waals surface area contributed by atoms with E-state index < -0.39 is 30.6 Å². The van der Waals surface area contributed by atoms with Gasteiger partial charge < -0.3 is 29.8 Å². The van der Waals surface area contributed by atoms with Gasteiger partial charge in [-0.2, -0.15) is 5.10 Å². The topological polar surface area (TPSA) is 143 Å². The van der Waals surface area contributed by atoms with Crippen LogP contribution in [0.3, 0.4) is 0 Å². The Labute approximate surface area is 159 Å². The molecule has 1 aliphatic rings. The molecular weight excluding hydrogens is 368 g/mol. The number of aliphatic hydroxyl groups excluding tert-OH is 3. The maximum atomic E-state index is 11.8. The van der Waals surface area contributed by atoms with Crippen molar-refractivity contribution in [1.29, 1.82) is 0 Å². The Kier molecular flexibility index (Phi) is 4.85. The third kappa shape index (κ3) is 3.06. The smallest absolute Gasteiger partial charge is 0.261 e. The van der Waals surface area contributed by atoms with E-state index in [2.05, 4.69) is 15.1 Å². The van der Waals surface area contributed by atoms with Crippen molar-refractivity contribution >= 4 is 11.0 Å². The maximum absolute atomic E-state index is 11.8. The van der Waals surface area contributed by atoms with Gasteiger partial charge in [0.25, 0.3) is 5.56 Å². The van der Waals surface area contributed by atoms with Crippen molar-refractivity contribution in [2.45, 2.75) is 37.1 Å². The number of aromatic amines is 1. The van der Waals surface area contributed by atoms with E-state index in [1.807, 2.05) is 12.1 Å². The van der Waals surface area contributed by atoms with E-state index in [9.17, 15) is 20.1 Å². The molecule has 10 heteroatoms. The number of para-hydroxylation sites is 1. The van der Waals surface area contributed by atoms with Crippen molar-refractivity contribution in [3.63, 3.8) is 0 Å². The number of fused-ring (bicyclic) bond motifs is 1. The first-order chi connectivity index (χ1) is 13.5. The van der Waals surface area contributed by atoms with Crippen LogP contribution in [0, 0.1) is 0 Å². The average Bonchev–Trinajstić information content (AvgIpc) is 3.25. The highest BCUT2D eigenvalue weighted by Gasteiger charge is 2.47. The van der Waals surface area contributed by atoms with Crippen LogP contribution < -0.4 is 10.3 Å². The minimum atomic E-state index is -1.36. The van der Waals surface area contributed by atoms with Crippen LogP contribution in [-0.2, 0) is 11.2 Å². The van der Waals surface area contributed by atoms with Crippen LogP contribution in [0.2, 0.25) is 0 Å². The molecule has 0 spiro atoms. The molecule has 1 unspecified atom stereocenters. The van der Waals surface area contributed by atoms with Gasteiger partial charge in [-0.1, -0.05) is 18.2 Å². The van der Waals surface area contributed by atoms with Gasteiger partial charge in [-0.15, -0.1) is 0 Å². The normalized spacial score (nSPS) is 25.9. The van der Waals surface area contributed by atoms with Crippen LogP contribution >= 0.6 is 0 Å². The SMILES string of the molecule is COc1ccccc1CC(O)[C@H]1O[C@@H](n2ncc3c(=O)[nH]cnc32)[C@H](O)[C@@H]1O. The van der Waals surface area contributed by atoms with Crippen LogP contribution in [0.25, 0.3) is 11.0 Å². The van der Waals surface area contributed by atoms with Gasteiger partial charge in [-0.25, -0.2) is 9.67 Å². The molecule has 4 rings (SSSR count). The Balaban J connectivity index is 1.59. The van der Waals surface area contributed by atoms with Gasteiger partial charge in [0.05, 0.1) is 25.7 Å². The number of methoxy groups -OCH3 is 1. The summed E-state index contributed by atoms with van der Waals surface area (Å²) in [4.78, 5) is 18.3. The molecule has 0 amide bonds. The number of nitrogens with zero attached hydrogens (tertiary/aromatic N) is 3. The zero-order valence-corrected chi connectivity index (χ0v) is 15.0. The van der Waals surface area contributed by atoms with E-state index in [4.69, 9.17) is 9.47 Å². The van der Waals surface area contributed by atoms with E-state index in [1.165, 1.54) is 24.3 Å². The van der Waals surface area contributed by atoms with Crippen molar-refractivity contribution in [3.8, 4) is 5.75 Å². The Morgan fingerprint density at radius 3 is 2.89 bits per heavy atom. The summed E-state index contributed by atoms with van der Waals surface area (Å²) < 4.78 is 12.3. The molecule has 1 saturated heterocycles. The second kappa shape index (κ2) is 7.32. The molecule has 3 heterocycles. The number of benzene rings is 1. The Morgan fingerprint density at radius 2 is 2.11 bits per heavy atom. The summed E-state index contributed by atoms with van der Waals surface area (Å²) >= 11 is 0. The molecule has 1 aliphatic heterocycles. The molecule has 3 aromatic rings. The first-order valence-electron chi connectivity index (χ1n) is 8.73. The first kappa shape index (κ1) is 18.6. The Bertz CT molecular complexity index is 1030. The van der Waals surface area contributed by atoms with E-state index in [-0.39, 0.29) is 23.0 Å². The van der Waals surface area contributed by atoms with Gasteiger partial charge in [0.15, 0.2) is 11.9 Å². The van der Waals surface area contributed by atoms with Gasteiger partial charge in [-0.05, 0) is 11.6 Å². The molecule has 2 aromatic heterocycles. The quantitative estimate of drug-likeness (QED) is 0.452. The van der Waals surface area contributed by atoms with Crippen molar-refractivity contribution in [1.82, 2.24) is 19.7 Å². The van der Waals surface area contributed by atoms with Crippen LogP contribution in [-0.4, -0.2) is 66.6 Å². The van der Waals surface area contributed by atoms with E-state index in [0.29, 0.717) is 5.75 Å².